The van der Waals surface area contributed by atoms with Crippen molar-refractivity contribution < 1.29 is 0 Å². The summed E-state index contributed by atoms with van der Waals surface area (Å²) in [7, 11) is 0. The number of hydrogen-bond acceptors (Lipinski definition) is 3. The highest BCUT2D eigenvalue weighted by Crippen LogP contribution is 2.43. The van der Waals surface area contributed by atoms with Crippen molar-refractivity contribution in [1.29, 1.82) is 0 Å². The molecule has 7 aromatic carbocycles. The van der Waals surface area contributed by atoms with Gasteiger partial charge in [-0.25, -0.2) is 9.97 Å². The number of fused-ring (bicyclic) bond motifs is 9. The van der Waals surface area contributed by atoms with E-state index in [9.17, 15) is 0 Å². The summed E-state index contributed by atoms with van der Waals surface area (Å²) < 4.78 is 4.61. The van der Waals surface area contributed by atoms with Crippen LogP contribution in [0.2, 0.25) is 0 Å². The number of rotatable bonds is 4. The quantitative estimate of drug-likeness (QED) is 0.188. The number of nitrogens with zero attached hydrogens (tertiary/aromatic N) is 5. The van der Waals surface area contributed by atoms with E-state index in [0.717, 1.165) is 49.8 Å². The Kier molecular flexibility index (Phi) is 6.18. The average Bonchev–Trinajstić information content (AvgIpc) is 3.73. The van der Waals surface area contributed by atoms with Crippen molar-refractivity contribution >= 4 is 65.4 Å². The first-order chi connectivity index (χ1) is 25.8. The Morgan fingerprint density at radius 1 is 0.404 bits per heavy atom. The number of pyridine rings is 1. The maximum atomic E-state index is 5.21. The third-order valence-electron chi connectivity index (χ3n) is 10.4. The van der Waals surface area contributed by atoms with Crippen molar-refractivity contribution in [3.63, 3.8) is 0 Å². The van der Waals surface area contributed by atoms with Gasteiger partial charge in [0.15, 0.2) is 0 Å². The Bertz CT molecular complexity index is 3180. The predicted molar refractivity (Wildman–Crippen MR) is 214 cm³/mol. The molecule has 0 radical (unpaired) electrons. The normalized spacial score (nSPS) is 11.8. The van der Waals surface area contributed by atoms with Gasteiger partial charge in [0.2, 0.25) is 5.95 Å². The molecule has 0 spiro atoms. The van der Waals surface area contributed by atoms with E-state index in [2.05, 4.69) is 149 Å². The Hall–Kier alpha value is -7.11. The minimum atomic E-state index is 0.624. The maximum absolute atomic E-state index is 5.21. The van der Waals surface area contributed by atoms with E-state index in [1.165, 1.54) is 43.7 Å². The van der Waals surface area contributed by atoms with Gasteiger partial charge in [0.1, 0.15) is 11.2 Å². The van der Waals surface area contributed by atoms with Crippen molar-refractivity contribution in [2.75, 3.05) is 0 Å². The van der Waals surface area contributed by atoms with E-state index in [-0.39, 0.29) is 0 Å². The molecule has 5 nitrogen and oxygen atoms in total. The fourth-order valence-electron chi connectivity index (χ4n) is 8.12. The molecule has 52 heavy (non-hydrogen) atoms. The molecule has 0 aliphatic rings. The zero-order valence-electron chi connectivity index (χ0n) is 28.0. The lowest BCUT2D eigenvalue weighted by Crippen LogP contribution is -2.04. The second-order valence-electron chi connectivity index (χ2n) is 13.2. The molecule has 4 heterocycles. The maximum Gasteiger partial charge on any atom is 0.235 e. The molecule has 0 amide bonds. The third-order valence-corrected chi connectivity index (χ3v) is 10.4. The second-order valence-corrected chi connectivity index (χ2v) is 13.2. The van der Waals surface area contributed by atoms with Crippen molar-refractivity contribution in [2.24, 2.45) is 0 Å². The summed E-state index contributed by atoms with van der Waals surface area (Å²) >= 11 is 0. The molecule has 0 saturated heterocycles. The molecule has 11 aromatic rings. The SMILES string of the molecule is c1ccc(-c2nc(-n3c4ccccc4c4cc(-c5cc6c7ccccc7n(-c7ccccc7)c6c6ccccc56)ccc43)nc3cccnc23)cc1. The largest absolute Gasteiger partial charge is 0.309 e. The van der Waals surface area contributed by atoms with E-state index in [1.807, 2.05) is 30.3 Å². The van der Waals surface area contributed by atoms with Crippen LogP contribution in [0.25, 0.3) is 99.4 Å². The van der Waals surface area contributed by atoms with Crippen LogP contribution in [0, 0.1) is 0 Å². The summed E-state index contributed by atoms with van der Waals surface area (Å²) in [5.41, 5.74) is 11.5. The Morgan fingerprint density at radius 2 is 1.04 bits per heavy atom. The zero-order valence-corrected chi connectivity index (χ0v) is 28.0. The standard InChI is InChI=1S/C47H29N5/c1-3-14-30(15-4-1)44-45-40(22-13-27-48-45)49-47(50-44)52-42-24-12-9-19-34(42)38-28-31(25-26-43(38)52)37-29-39-35-20-10-11-23-41(35)51(32-16-5-2-6-17-32)46(39)36-21-8-7-18-33(36)37/h1-29H. The van der Waals surface area contributed by atoms with Gasteiger partial charge in [0, 0.05) is 44.4 Å². The average molecular weight is 664 g/mol. The van der Waals surface area contributed by atoms with Gasteiger partial charge in [-0.3, -0.25) is 9.55 Å². The highest BCUT2D eigenvalue weighted by molar-refractivity contribution is 6.22. The molecule has 0 saturated carbocycles. The fraction of sp³-hybridized carbons (Fsp3) is 0. The number of para-hydroxylation sites is 3. The summed E-state index contributed by atoms with van der Waals surface area (Å²) in [6.07, 6.45) is 1.81. The summed E-state index contributed by atoms with van der Waals surface area (Å²) in [6, 6.07) is 60.2. The molecule has 0 atom stereocenters. The van der Waals surface area contributed by atoms with Gasteiger partial charge in [0.05, 0.1) is 27.6 Å². The van der Waals surface area contributed by atoms with E-state index in [1.54, 1.807) is 6.20 Å². The van der Waals surface area contributed by atoms with Gasteiger partial charge >= 0.3 is 0 Å². The first-order valence-electron chi connectivity index (χ1n) is 17.5. The zero-order chi connectivity index (χ0) is 34.2. The molecule has 0 N–H and O–H groups in total. The van der Waals surface area contributed by atoms with Crippen molar-refractivity contribution in [1.82, 2.24) is 24.1 Å². The van der Waals surface area contributed by atoms with Gasteiger partial charge < -0.3 is 4.57 Å². The summed E-state index contributed by atoms with van der Waals surface area (Å²) in [5, 5.41) is 7.23. The van der Waals surface area contributed by atoms with Crippen LogP contribution in [-0.2, 0) is 0 Å². The fourth-order valence-corrected chi connectivity index (χ4v) is 8.12. The summed E-state index contributed by atoms with van der Waals surface area (Å²) in [6.45, 7) is 0. The first kappa shape index (κ1) is 28.7. The van der Waals surface area contributed by atoms with Crippen LogP contribution in [0.3, 0.4) is 0 Å². The number of benzene rings is 7. The number of aromatic nitrogens is 5. The van der Waals surface area contributed by atoms with Crippen molar-refractivity contribution in [2.45, 2.75) is 0 Å². The summed E-state index contributed by atoms with van der Waals surface area (Å²) in [4.78, 5) is 15.0. The van der Waals surface area contributed by atoms with Crippen LogP contribution in [0.4, 0.5) is 0 Å². The lowest BCUT2D eigenvalue weighted by atomic mass is 9.94. The van der Waals surface area contributed by atoms with Crippen LogP contribution in [0.1, 0.15) is 0 Å². The molecule has 242 valence electrons. The van der Waals surface area contributed by atoms with Crippen LogP contribution in [-0.4, -0.2) is 24.1 Å². The predicted octanol–water partition coefficient (Wildman–Crippen LogP) is 11.7. The van der Waals surface area contributed by atoms with Crippen LogP contribution < -0.4 is 0 Å². The first-order valence-corrected chi connectivity index (χ1v) is 17.5. The van der Waals surface area contributed by atoms with Gasteiger partial charge in [-0.15, -0.1) is 0 Å². The van der Waals surface area contributed by atoms with Crippen molar-refractivity contribution in [3.8, 4) is 34.0 Å². The smallest absolute Gasteiger partial charge is 0.235 e. The molecule has 4 aromatic heterocycles. The number of hydrogen-bond donors (Lipinski definition) is 0. The van der Waals surface area contributed by atoms with Crippen LogP contribution in [0.15, 0.2) is 176 Å². The molecule has 0 unspecified atom stereocenters. The van der Waals surface area contributed by atoms with E-state index in [4.69, 9.17) is 15.0 Å². The van der Waals surface area contributed by atoms with E-state index >= 15 is 0 Å². The van der Waals surface area contributed by atoms with Crippen molar-refractivity contribution in [3.05, 3.63) is 176 Å². The molecule has 0 aliphatic carbocycles. The monoisotopic (exact) mass is 663 g/mol. The molecule has 5 heteroatoms. The van der Waals surface area contributed by atoms with Crippen LogP contribution >= 0.6 is 0 Å². The lowest BCUT2D eigenvalue weighted by Gasteiger charge is -2.13. The minimum absolute atomic E-state index is 0.624. The van der Waals surface area contributed by atoms with E-state index < -0.39 is 0 Å². The van der Waals surface area contributed by atoms with Gasteiger partial charge in [-0.05, 0) is 71.1 Å². The molecular formula is C47H29N5. The molecule has 0 bridgehead atoms. The second kappa shape index (κ2) is 11.2. The minimum Gasteiger partial charge on any atom is -0.309 e. The van der Waals surface area contributed by atoms with Gasteiger partial charge in [-0.1, -0.05) is 115 Å². The summed E-state index contributed by atoms with van der Waals surface area (Å²) in [5.74, 6) is 0.624. The third kappa shape index (κ3) is 4.20. The van der Waals surface area contributed by atoms with Gasteiger partial charge in [0.25, 0.3) is 0 Å². The molecular weight excluding hydrogens is 635 g/mol. The molecule has 0 fully saturated rings. The Balaban J connectivity index is 1.18. The van der Waals surface area contributed by atoms with E-state index in [0.29, 0.717) is 5.95 Å². The Labute approximate surface area is 298 Å². The van der Waals surface area contributed by atoms with Crippen LogP contribution in [0.5, 0.6) is 0 Å². The van der Waals surface area contributed by atoms with Gasteiger partial charge in [-0.2, -0.15) is 0 Å². The Morgan fingerprint density at radius 3 is 1.83 bits per heavy atom. The molecule has 11 rings (SSSR count). The highest BCUT2D eigenvalue weighted by atomic mass is 15.2. The lowest BCUT2D eigenvalue weighted by molar-refractivity contribution is 1.01. The topological polar surface area (TPSA) is 48.5 Å². The highest BCUT2D eigenvalue weighted by Gasteiger charge is 2.21. The molecule has 0 aliphatic heterocycles.